The summed E-state index contributed by atoms with van der Waals surface area (Å²) in [6.07, 6.45) is 3.22. The van der Waals surface area contributed by atoms with Gasteiger partial charge in [-0.2, -0.15) is 0 Å². The predicted octanol–water partition coefficient (Wildman–Crippen LogP) is 1.51. The number of ether oxygens (including phenoxy) is 1. The highest BCUT2D eigenvalue weighted by Gasteiger charge is 2.22. The van der Waals surface area contributed by atoms with Gasteiger partial charge in [0.15, 0.2) is 0 Å². The Hall–Kier alpha value is -0.0800. The largest absolute Gasteiger partial charge is 0.372 e. The summed E-state index contributed by atoms with van der Waals surface area (Å²) in [7, 11) is 2.17. The zero-order chi connectivity index (χ0) is 8.27. The van der Waals surface area contributed by atoms with Crippen molar-refractivity contribution < 1.29 is 4.74 Å². The van der Waals surface area contributed by atoms with Crippen LogP contribution in [0.4, 0.5) is 0 Å². The Bertz CT molecular complexity index is 104. The highest BCUT2D eigenvalue weighted by molar-refractivity contribution is 4.73. The smallest absolute Gasteiger partial charge is 0.0703 e. The molecule has 0 saturated carbocycles. The minimum absolute atomic E-state index is 0.471. The van der Waals surface area contributed by atoms with Gasteiger partial charge in [0.25, 0.3) is 0 Å². The number of likely N-dealkylation sites (N-methyl/N-ethyl adjacent to an activating group) is 1. The van der Waals surface area contributed by atoms with Crippen molar-refractivity contribution in [2.75, 3.05) is 20.1 Å². The van der Waals surface area contributed by atoms with E-state index in [1.54, 1.807) is 0 Å². The molecular weight excluding hydrogens is 138 g/mol. The van der Waals surface area contributed by atoms with E-state index in [2.05, 4.69) is 25.8 Å². The molecule has 2 atom stereocenters. The average Bonchev–Trinajstić information content (AvgIpc) is 2.03. The molecule has 2 heteroatoms. The van der Waals surface area contributed by atoms with Crippen LogP contribution in [0.2, 0.25) is 0 Å². The van der Waals surface area contributed by atoms with Crippen molar-refractivity contribution in [1.29, 1.82) is 0 Å². The van der Waals surface area contributed by atoms with Gasteiger partial charge in [0.05, 0.1) is 12.2 Å². The molecule has 1 fully saturated rings. The zero-order valence-corrected chi connectivity index (χ0v) is 7.84. The first kappa shape index (κ1) is 9.01. The molecular formula is C9H19NO. The normalized spacial score (nSPS) is 34.1. The van der Waals surface area contributed by atoms with Crippen LogP contribution < -0.4 is 0 Å². The monoisotopic (exact) mass is 157 g/mol. The van der Waals surface area contributed by atoms with Gasteiger partial charge < -0.3 is 9.64 Å². The summed E-state index contributed by atoms with van der Waals surface area (Å²) >= 11 is 0. The van der Waals surface area contributed by atoms with E-state index in [4.69, 9.17) is 4.74 Å². The maximum atomic E-state index is 5.81. The molecule has 1 heterocycles. The summed E-state index contributed by atoms with van der Waals surface area (Å²) in [6, 6.07) is 0. The van der Waals surface area contributed by atoms with Crippen LogP contribution in [0.1, 0.15) is 26.7 Å². The van der Waals surface area contributed by atoms with Gasteiger partial charge in [0.1, 0.15) is 0 Å². The predicted molar refractivity (Wildman–Crippen MR) is 46.7 cm³/mol. The second-order valence-corrected chi connectivity index (χ2v) is 3.42. The number of hydrogen-bond acceptors (Lipinski definition) is 2. The number of nitrogens with zero attached hydrogens (tertiary/aromatic N) is 1. The van der Waals surface area contributed by atoms with E-state index in [1.165, 1.54) is 0 Å². The molecule has 0 aliphatic carbocycles. The van der Waals surface area contributed by atoms with Gasteiger partial charge in [0.2, 0.25) is 0 Å². The summed E-state index contributed by atoms with van der Waals surface area (Å²) in [5.41, 5.74) is 0. The average molecular weight is 157 g/mol. The van der Waals surface area contributed by atoms with E-state index in [-0.39, 0.29) is 0 Å². The SMILES string of the molecule is CC[C@@H]1CN(C)C[C@H](CC)O1. The van der Waals surface area contributed by atoms with E-state index in [0.717, 1.165) is 25.9 Å². The molecule has 1 saturated heterocycles. The lowest BCUT2D eigenvalue weighted by Crippen LogP contribution is -2.45. The van der Waals surface area contributed by atoms with Gasteiger partial charge in [-0.25, -0.2) is 0 Å². The Labute approximate surface area is 69.5 Å². The quantitative estimate of drug-likeness (QED) is 0.602. The topological polar surface area (TPSA) is 12.5 Å². The minimum atomic E-state index is 0.471. The summed E-state index contributed by atoms with van der Waals surface area (Å²) in [5.74, 6) is 0. The van der Waals surface area contributed by atoms with Gasteiger partial charge in [-0.15, -0.1) is 0 Å². The fraction of sp³-hybridized carbons (Fsp3) is 1.00. The first-order valence-corrected chi connectivity index (χ1v) is 4.60. The zero-order valence-electron chi connectivity index (χ0n) is 7.84. The molecule has 0 unspecified atom stereocenters. The molecule has 0 spiro atoms. The summed E-state index contributed by atoms with van der Waals surface area (Å²) < 4.78 is 5.81. The molecule has 0 aromatic rings. The summed E-state index contributed by atoms with van der Waals surface area (Å²) in [5, 5.41) is 0. The van der Waals surface area contributed by atoms with Crippen LogP contribution in [0, 0.1) is 0 Å². The van der Waals surface area contributed by atoms with E-state index < -0.39 is 0 Å². The van der Waals surface area contributed by atoms with Crippen molar-refractivity contribution in [2.45, 2.75) is 38.9 Å². The van der Waals surface area contributed by atoms with Gasteiger partial charge in [-0.3, -0.25) is 0 Å². The standard InChI is InChI=1S/C9H19NO/c1-4-8-6-10(3)7-9(5-2)11-8/h8-9H,4-7H2,1-3H3/t8-,9+. The molecule has 0 bridgehead atoms. The first-order valence-electron chi connectivity index (χ1n) is 4.60. The first-order chi connectivity index (χ1) is 5.26. The molecule has 0 amide bonds. The Morgan fingerprint density at radius 3 is 2.00 bits per heavy atom. The molecule has 1 rings (SSSR count). The number of hydrogen-bond donors (Lipinski definition) is 0. The van der Waals surface area contributed by atoms with Crippen LogP contribution in [-0.4, -0.2) is 37.2 Å². The third-order valence-electron chi connectivity index (χ3n) is 2.33. The van der Waals surface area contributed by atoms with Crippen molar-refractivity contribution in [1.82, 2.24) is 4.90 Å². The van der Waals surface area contributed by atoms with Crippen LogP contribution in [0.25, 0.3) is 0 Å². The van der Waals surface area contributed by atoms with Crippen LogP contribution >= 0.6 is 0 Å². The van der Waals surface area contributed by atoms with E-state index >= 15 is 0 Å². The second-order valence-electron chi connectivity index (χ2n) is 3.42. The van der Waals surface area contributed by atoms with Crippen molar-refractivity contribution in [3.05, 3.63) is 0 Å². The molecule has 0 aromatic heterocycles. The van der Waals surface area contributed by atoms with Crippen molar-refractivity contribution in [2.24, 2.45) is 0 Å². The third-order valence-corrected chi connectivity index (χ3v) is 2.33. The van der Waals surface area contributed by atoms with Crippen LogP contribution in [-0.2, 0) is 4.74 Å². The third kappa shape index (κ3) is 2.46. The maximum absolute atomic E-state index is 5.81. The fourth-order valence-electron chi connectivity index (χ4n) is 1.58. The molecule has 1 aliphatic rings. The Balaban J connectivity index is 2.37. The molecule has 2 nitrogen and oxygen atoms in total. The van der Waals surface area contributed by atoms with E-state index in [0.29, 0.717) is 12.2 Å². The molecule has 0 N–H and O–H groups in total. The highest BCUT2D eigenvalue weighted by atomic mass is 16.5. The Morgan fingerprint density at radius 2 is 1.64 bits per heavy atom. The molecule has 0 radical (unpaired) electrons. The maximum Gasteiger partial charge on any atom is 0.0703 e. The lowest BCUT2D eigenvalue weighted by atomic mass is 10.1. The van der Waals surface area contributed by atoms with Crippen molar-refractivity contribution >= 4 is 0 Å². The second kappa shape index (κ2) is 4.07. The van der Waals surface area contributed by atoms with Gasteiger partial charge >= 0.3 is 0 Å². The van der Waals surface area contributed by atoms with E-state index in [1.807, 2.05) is 0 Å². The number of morpholine rings is 1. The summed E-state index contributed by atoms with van der Waals surface area (Å²) in [6.45, 7) is 6.59. The van der Waals surface area contributed by atoms with Gasteiger partial charge in [-0.1, -0.05) is 13.8 Å². The fourth-order valence-corrected chi connectivity index (χ4v) is 1.58. The minimum Gasteiger partial charge on any atom is -0.372 e. The Morgan fingerprint density at radius 1 is 1.18 bits per heavy atom. The van der Waals surface area contributed by atoms with E-state index in [9.17, 15) is 0 Å². The van der Waals surface area contributed by atoms with Gasteiger partial charge in [-0.05, 0) is 19.9 Å². The number of rotatable bonds is 2. The van der Waals surface area contributed by atoms with Crippen LogP contribution in [0.15, 0.2) is 0 Å². The van der Waals surface area contributed by atoms with Gasteiger partial charge in [0, 0.05) is 13.1 Å². The molecule has 1 aliphatic heterocycles. The van der Waals surface area contributed by atoms with Crippen molar-refractivity contribution in [3.63, 3.8) is 0 Å². The lowest BCUT2D eigenvalue weighted by molar-refractivity contribution is -0.0799. The molecule has 66 valence electrons. The molecule has 0 aromatic carbocycles. The molecule has 11 heavy (non-hydrogen) atoms. The van der Waals surface area contributed by atoms with Crippen LogP contribution in [0.3, 0.4) is 0 Å². The summed E-state index contributed by atoms with van der Waals surface area (Å²) in [4.78, 5) is 2.37. The van der Waals surface area contributed by atoms with Crippen LogP contribution in [0.5, 0.6) is 0 Å². The van der Waals surface area contributed by atoms with Crippen molar-refractivity contribution in [3.8, 4) is 0 Å². The highest BCUT2D eigenvalue weighted by Crippen LogP contribution is 2.13. The lowest BCUT2D eigenvalue weighted by Gasteiger charge is -2.35. The Kier molecular flexibility index (Phi) is 3.34.